The first-order valence-electron chi connectivity index (χ1n) is 8.63. The second-order valence-corrected chi connectivity index (χ2v) is 6.42. The third-order valence-corrected chi connectivity index (χ3v) is 4.49. The Hall–Kier alpha value is -1.80. The van der Waals surface area contributed by atoms with Gasteiger partial charge in [-0.15, -0.1) is 0 Å². The van der Waals surface area contributed by atoms with E-state index < -0.39 is 0 Å². The highest BCUT2D eigenvalue weighted by Crippen LogP contribution is 2.30. The Kier molecular flexibility index (Phi) is 7.33. The molecule has 2 aromatic carbocycles. The van der Waals surface area contributed by atoms with Gasteiger partial charge in [0.1, 0.15) is 5.75 Å². The lowest BCUT2D eigenvalue weighted by molar-refractivity contribution is 0.0979. The van der Waals surface area contributed by atoms with Crippen LogP contribution in [0.5, 0.6) is 5.75 Å². The van der Waals surface area contributed by atoms with Crippen LogP contribution >= 0.6 is 11.6 Å². The Bertz CT molecular complexity index is 662. The molecule has 3 heteroatoms. The van der Waals surface area contributed by atoms with Crippen LogP contribution in [0, 0.1) is 0 Å². The number of benzene rings is 2. The predicted octanol–water partition coefficient (Wildman–Crippen LogP) is 6.56. The summed E-state index contributed by atoms with van der Waals surface area (Å²) in [5, 5.41) is 0.585. The van der Waals surface area contributed by atoms with Crippen LogP contribution in [0.25, 0.3) is 11.1 Å². The maximum atomic E-state index is 12.2. The monoisotopic (exact) mass is 344 g/mol. The number of methoxy groups -OCH3 is 1. The Balaban J connectivity index is 1.97. The van der Waals surface area contributed by atoms with Crippen molar-refractivity contribution in [3.8, 4) is 16.9 Å². The molecule has 0 aliphatic rings. The molecule has 0 amide bonds. The predicted molar refractivity (Wildman–Crippen MR) is 101 cm³/mol. The molecule has 2 rings (SSSR count). The number of hydrogen-bond acceptors (Lipinski definition) is 2. The largest absolute Gasteiger partial charge is 0.495 e. The zero-order valence-corrected chi connectivity index (χ0v) is 15.2. The zero-order valence-electron chi connectivity index (χ0n) is 14.5. The van der Waals surface area contributed by atoms with Crippen LogP contribution in [0.2, 0.25) is 5.02 Å². The third kappa shape index (κ3) is 5.10. The number of ketones is 1. The van der Waals surface area contributed by atoms with Crippen LogP contribution in [0.1, 0.15) is 55.8 Å². The molecule has 0 fully saturated rings. The summed E-state index contributed by atoms with van der Waals surface area (Å²) in [4.78, 5) is 12.2. The smallest absolute Gasteiger partial charge is 0.162 e. The molecule has 0 atom stereocenters. The molecule has 128 valence electrons. The molecule has 0 aromatic heterocycles. The molecule has 0 unspecified atom stereocenters. The van der Waals surface area contributed by atoms with E-state index >= 15 is 0 Å². The second-order valence-electron chi connectivity index (χ2n) is 6.01. The van der Waals surface area contributed by atoms with Crippen molar-refractivity contribution in [3.63, 3.8) is 0 Å². The summed E-state index contributed by atoms with van der Waals surface area (Å²) in [6, 6.07) is 13.5. The van der Waals surface area contributed by atoms with E-state index in [4.69, 9.17) is 16.3 Å². The first kappa shape index (κ1) is 18.5. The van der Waals surface area contributed by atoms with Gasteiger partial charge >= 0.3 is 0 Å². The second kappa shape index (κ2) is 9.48. The van der Waals surface area contributed by atoms with E-state index in [1.54, 1.807) is 7.11 Å². The number of carbonyl (C=O) groups is 1. The Morgan fingerprint density at radius 1 is 0.958 bits per heavy atom. The first-order chi connectivity index (χ1) is 11.7. The summed E-state index contributed by atoms with van der Waals surface area (Å²) in [5.74, 6) is 0.890. The number of rotatable bonds is 9. The third-order valence-electron chi connectivity index (χ3n) is 4.20. The molecular formula is C21H25ClO2. The number of ether oxygens (including phenoxy) is 1. The summed E-state index contributed by atoms with van der Waals surface area (Å²) in [7, 11) is 1.60. The summed E-state index contributed by atoms with van der Waals surface area (Å²) < 4.78 is 5.17. The van der Waals surface area contributed by atoms with Gasteiger partial charge in [0.05, 0.1) is 12.1 Å². The fourth-order valence-corrected chi connectivity index (χ4v) is 2.99. The van der Waals surface area contributed by atoms with Crippen molar-refractivity contribution < 1.29 is 9.53 Å². The highest BCUT2D eigenvalue weighted by Gasteiger charge is 2.07. The van der Waals surface area contributed by atoms with Crippen molar-refractivity contribution in [3.05, 3.63) is 53.1 Å². The van der Waals surface area contributed by atoms with Crippen LogP contribution < -0.4 is 4.74 Å². The van der Waals surface area contributed by atoms with Crippen molar-refractivity contribution in [1.82, 2.24) is 0 Å². The molecule has 0 N–H and O–H groups in total. The van der Waals surface area contributed by atoms with Gasteiger partial charge in [0.2, 0.25) is 0 Å². The van der Waals surface area contributed by atoms with E-state index in [-0.39, 0.29) is 5.78 Å². The van der Waals surface area contributed by atoms with Crippen molar-refractivity contribution in [2.24, 2.45) is 0 Å². The molecule has 0 saturated heterocycles. The zero-order chi connectivity index (χ0) is 17.4. The normalized spacial score (nSPS) is 10.6. The van der Waals surface area contributed by atoms with E-state index in [9.17, 15) is 4.79 Å². The quantitative estimate of drug-likeness (QED) is 0.380. The van der Waals surface area contributed by atoms with Crippen LogP contribution in [-0.2, 0) is 0 Å². The fourth-order valence-electron chi connectivity index (χ4n) is 2.73. The molecule has 2 nitrogen and oxygen atoms in total. The van der Waals surface area contributed by atoms with Gasteiger partial charge in [-0.25, -0.2) is 0 Å². The topological polar surface area (TPSA) is 26.3 Å². The molecular weight excluding hydrogens is 320 g/mol. The molecule has 0 aliphatic heterocycles. The molecule has 0 aliphatic carbocycles. The van der Waals surface area contributed by atoms with E-state index in [1.807, 2.05) is 42.5 Å². The molecule has 0 saturated carbocycles. The summed E-state index contributed by atoms with van der Waals surface area (Å²) in [5.41, 5.74) is 2.84. The van der Waals surface area contributed by atoms with Crippen molar-refractivity contribution in [1.29, 1.82) is 0 Å². The average molecular weight is 345 g/mol. The average Bonchev–Trinajstić information content (AvgIpc) is 2.61. The summed E-state index contributed by atoms with van der Waals surface area (Å²) in [6.07, 6.45) is 6.47. The molecule has 2 aromatic rings. The van der Waals surface area contributed by atoms with Crippen molar-refractivity contribution in [2.45, 2.75) is 45.4 Å². The van der Waals surface area contributed by atoms with Crippen LogP contribution in [-0.4, -0.2) is 12.9 Å². The molecule has 0 bridgehead atoms. The first-order valence-corrected chi connectivity index (χ1v) is 9.00. The Labute approximate surface area is 149 Å². The maximum Gasteiger partial charge on any atom is 0.162 e. The molecule has 0 radical (unpaired) electrons. The highest BCUT2D eigenvalue weighted by molar-refractivity contribution is 6.32. The minimum Gasteiger partial charge on any atom is -0.495 e. The number of carbonyl (C=O) groups excluding carboxylic acids is 1. The van der Waals surface area contributed by atoms with Crippen LogP contribution in [0.3, 0.4) is 0 Å². The number of halogens is 1. The minimum atomic E-state index is 0.228. The molecule has 0 heterocycles. The van der Waals surface area contributed by atoms with Crippen LogP contribution in [0.15, 0.2) is 42.5 Å². The number of hydrogen-bond donors (Lipinski definition) is 0. The molecule has 24 heavy (non-hydrogen) atoms. The van der Waals surface area contributed by atoms with E-state index in [0.717, 1.165) is 29.5 Å². The van der Waals surface area contributed by atoms with Crippen LogP contribution in [0.4, 0.5) is 0 Å². The lowest BCUT2D eigenvalue weighted by Gasteiger charge is -2.07. The van der Waals surface area contributed by atoms with Gasteiger partial charge in [-0.05, 0) is 29.7 Å². The van der Waals surface area contributed by atoms with E-state index in [1.165, 1.54) is 19.3 Å². The van der Waals surface area contributed by atoms with E-state index in [0.29, 0.717) is 17.2 Å². The number of unbranched alkanes of at least 4 members (excludes halogenated alkanes) is 4. The minimum absolute atomic E-state index is 0.228. The SMILES string of the molecule is CCCCCCCC(=O)c1ccc(-c2ccc(OC)c(Cl)c2)cc1. The van der Waals surface area contributed by atoms with Crippen molar-refractivity contribution >= 4 is 17.4 Å². The number of Topliss-reactive ketones (excluding diaryl/α,β-unsaturated/α-hetero) is 1. The highest BCUT2D eigenvalue weighted by atomic mass is 35.5. The fraction of sp³-hybridized carbons (Fsp3) is 0.381. The van der Waals surface area contributed by atoms with Gasteiger partial charge in [0, 0.05) is 12.0 Å². The van der Waals surface area contributed by atoms with E-state index in [2.05, 4.69) is 6.92 Å². The Morgan fingerprint density at radius 3 is 2.25 bits per heavy atom. The van der Waals surface area contributed by atoms with Gasteiger partial charge in [-0.3, -0.25) is 4.79 Å². The standard InChI is InChI=1S/C21H25ClO2/c1-3-4-5-6-7-8-20(23)17-11-9-16(10-12-17)18-13-14-21(24-2)19(22)15-18/h9-15H,3-8H2,1-2H3. The van der Waals surface area contributed by atoms with Crippen molar-refractivity contribution in [2.75, 3.05) is 7.11 Å². The summed E-state index contributed by atoms with van der Waals surface area (Å²) >= 11 is 6.18. The lowest BCUT2D eigenvalue weighted by atomic mass is 10.00. The van der Waals surface area contributed by atoms with Gasteiger partial charge in [0.25, 0.3) is 0 Å². The van der Waals surface area contributed by atoms with Gasteiger partial charge in [0.15, 0.2) is 5.78 Å². The maximum absolute atomic E-state index is 12.2. The van der Waals surface area contributed by atoms with Gasteiger partial charge in [-0.1, -0.05) is 74.5 Å². The lowest BCUT2D eigenvalue weighted by Crippen LogP contribution is -1.98. The van der Waals surface area contributed by atoms with Gasteiger partial charge < -0.3 is 4.74 Å². The van der Waals surface area contributed by atoms with Gasteiger partial charge in [-0.2, -0.15) is 0 Å². The molecule has 0 spiro atoms. The summed E-state index contributed by atoms with van der Waals surface area (Å²) in [6.45, 7) is 2.20. The Morgan fingerprint density at radius 2 is 1.62 bits per heavy atom.